The van der Waals surface area contributed by atoms with Gasteiger partial charge in [-0.3, -0.25) is 4.79 Å². The lowest BCUT2D eigenvalue weighted by atomic mass is 10.2. The summed E-state index contributed by atoms with van der Waals surface area (Å²) in [6.45, 7) is 1.87. The number of fused-ring (bicyclic) bond motifs is 1. The Bertz CT molecular complexity index is 1270. The van der Waals surface area contributed by atoms with Gasteiger partial charge in [0.2, 0.25) is 5.91 Å². The van der Waals surface area contributed by atoms with Crippen LogP contribution in [-0.4, -0.2) is 25.2 Å². The Hall–Kier alpha value is -3.26. The van der Waals surface area contributed by atoms with Gasteiger partial charge in [0, 0.05) is 5.92 Å². The number of nitrogens with zero attached hydrogens (tertiary/aromatic N) is 4. The van der Waals surface area contributed by atoms with Crippen LogP contribution < -0.4 is 11.0 Å². The molecule has 0 bridgehead atoms. The molecule has 1 aliphatic rings. The van der Waals surface area contributed by atoms with E-state index in [9.17, 15) is 9.59 Å². The molecule has 0 spiro atoms. The summed E-state index contributed by atoms with van der Waals surface area (Å²) >= 11 is 1.42. The number of rotatable bonds is 5. The predicted octanol–water partition coefficient (Wildman–Crippen LogP) is 3.47. The summed E-state index contributed by atoms with van der Waals surface area (Å²) in [4.78, 5) is 30.0. The predicted molar refractivity (Wildman–Crippen MR) is 113 cm³/mol. The second-order valence-corrected chi connectivity index (χ2v) is 8.31. The smallest absolute Gasteiger partial charge is 0.300 e. The molecule has 4 aromatic rings. The fourth-order valence-corrected chi connectivity index (χ4v) is 4.31. The fraction of sp³-hybridized carbons (Fsp3) is 0.238. The maximum absolute atomic E-state index is 13.0. The molecule has 1 aliphatic carbocycles. The monoisotopic (exact) mass is 405 g/mol. The summed E-state index contributed by atoms with van der Waals surface area (Å²) in [7, 11) is 0. The molecule has 29 heavy (non-hydrogen) atoms. The summed E-state index contributed by atoms with van der Waals surface area (Å²) in [5, 5.41) is 7.79. The number of hydrogen-bond acceptors (Lipinski definition) is 5. The first kappa shape index (κ1) is 17.8. The Labute approximate surface area is 170 Å². The normalized spacial score (nSPS) is 13.7. The van der Waals surface area contributed by atoms with E-state index >= 15 is 0 Å². The SMILES string of the molecule is Cc1ccc2nc(NC(=O)Cn3nc(C4CC4)n(-c4ccccc4)c3=O)sc2c1. The molecule has 1 fully saturated rings. The molecule has 0 saturated heterocycles. The number of hydrogen-bond donors (Lipinski definition) is 1. The van der Waals surface area contributed by atoms with Crippen molar-refractivity contribution in [3.8, 4) is 5.69 Å². The molecule has 7 nitrogen and oxygen atoms in total. The van der Waals surface area contributed by atoms with Crippen LogP contribution in [0.3, 0.4) is 0 Å². The highest BCUT2D eigenvalue weighted by Gasteiger charge is 2.31. The molecule has 146 valence electrons. The van der Waals surface area contributed by atoms with Crippen LogP contribution in [0.15, 0.2) is 53.3 Å². The minimum Gasteiger partial charge on any atom is -0.300 e. The molecule has 8 heteroatoms. The Kier molecular flexibility index (Phi) is 4.28. The van der Waals surface area contributed by atoms with Crippen molar-refractivity contribution in [1.82, 2.24) is 19.3 Å². The standard InChI is InChI=1S/C21H19N5O2S/c1-13-7-10-16-17(11-13)29-20(22-16)23-18(27)12-25-21(28)26(15-5-3-2-4-6-15)19(24-25)14-8-9-14/h2-7,10-11,14H,8-9,12H2,1H3,(H,22,23,27). The second kappa shape index (κ2) is 6.97. The van der Waals surface area contributed by atoms with Gasteiger partial charge in [-0.05, 0) is 49.6 Å². The number of amides is 1. The zero-order chi connectivity index (χ0) is 20.0. The summed E-state index contributed by atoms with van der Waals surface area (Å²) in [6.07, 6.45) is 2.03. The van der Waals surface area contributed by atoms with E-state index in [0.29, 0.717) is 5.13 Å². The van der Waals surface area contributed by atoms with Gasteiger partial charge in [-0.15, -0.1) is 0 Å². The van der Waals surface area contributed by atoms with Crippen molar-refractivity contribution < 1.29 is 4.79 Å². The molecular weight excluding hydrogens is 386 g/mol. The van der Waals surface area contributed by atoms with Crippen LogP contribution in [0.25, 0.3) is 15.9 Å². The lowest BCUT2D eigenvalue weighted by molar-refractivity contribution is -0.117. The number of thiazole rings is 1. The molecule has 1 amide bonds. The van der Waals surface area contributed by atoms with Gasteiger partial charge in [-0.2, -0.15) is 5.10 Å². The van der Waals surface area contributed by atoms with Crippen molar-refractivity contribution in [1.29, 1.82) is 0 Å². The van der Waals surface area contributed by atoms with E-state index in [-0.39, 0.29) is 24.1 Å². The van der Waals surface area contributed by atoms with Gasteiger partial charge in [0.25, 0.3) is 0 Å². The van der Waals surface area contributed by atoms with Crippen molar-refractivity contribution in [2.45, 2.75) is 32.2 Å². The third kappa shape index (κ3) is 3.47. The fourth-order valence-electron chi connectivity index (χ4n) is 3.33. The highest BCUT2D eigenvalue weighted by molar-refractivity contribution is 7.22. The Morgan fingerprint density at radius 1 is 1.21 bits per heavy atom. The Morgan fingerprint density at radius 2 is 2.00 bits per heavy atom. The topological polar surface area (TPSA) is 81.8 Å². The molecule has 2 aromatic heterocycles. The van der Waals surface area contributed by atoms with Gasteiger partial charge in [-0.25, -0.2) is 19.0 Å². The third-order valence-electron chi connectivity index (χ3n) is 4.90. The average molecular weight is 405 g/mol. The minimum absolute atomic E-state index is 0.145. The maximum Gasteiger partial charge on any atom is 0.351 e. The summed E-state index contributed by atoms with van der Waals surface area (Å²) in [5.74, 6) is 0.687. The van der Waals surface area contributed by atoms with E-state index in [1.54, 1.807) is 4.57 Å². The molecule has 0 aliphatic heterocycles. The van der Waals surface area contributed by atoms with Gasteiger partial charge in [0.15, 0.2) is 5.13 Å². The first-order valence-electron chi connectivity index (χ1n) is 9.51. The summed E-state index contributed by atoms with van der Waals surface area (Å²) in [5.41, 5.74) is 2.46. The lowest BCUT2D eigenvalue weighted by Gasteiger charge is -2.03. The van der Waals surface area contributed by atoms with Crippen molar-refractivity contribution in [3.63, 3.8) is 0 Å². The van der Waals surface area contributed by atoms with Crippen molar-refractivity contribution in [3.05, 3.63) is 70.4 Å². The molecule has 2 aromatic carbocycles. The molecule has 0 radical (unpaired) electrons. The number of aryl methyl sites for hydroxylation is 1. The highest BCUT2D eigenvalue weighted by atomic mass is 32.1. The van der Waals surface area contributed by atoms with E-state index in [0.717, 1.165) is 40.1 Å². The number of anilines is 1. The Morgan fingerprint density at radius 3 is 2.76 bits per heavy atom. The largest absolute Gasteiger partial charge is 0.351 e. The number of benzene rings is 2. The molecular formula is C21H19N5O2S. The Balaban J connectivity index is 1.41. The van der Waals surface area contributed by atoms with Gasteiger partial charge in [0.1, 0.15) is 12.4 Å². The van der Waals surface area contributed by atoms with Crippen LogP contribution in [0.4, 0.5) is 5.13 Å². The van der Waals surface area contributed by atoms with Crippen molar-refractivity contribution in [2.75, 3.05) is 5.32 Å². The quantitative estimate of drug-likeness (QED) is 0.551. The van der Waals surface area contributed by atoms with Gasteiger partial charge in [0.05, 0.1) is 15.9 Å². The second-order valence-electron chi connectivity index (χ2n) is 7.28. The molecule has 0 atom stereocenters. The van der Waals surface area contributed by atoms with Crippen LogP contribution in [0.5, 0.6) is 0 Å². The number of nitrogens with one attached hydrogen (secondary N) is 1. The average Bonchev–Trinajstić information content (AvgIpc) is 3.40. The van der Waals surface area contributed by atoms with Gasteiger partial charge < -0.3 is 5.32 Å². The zero-order valence-corrected chi connectivity index (χ0v) is 16.6. The summed E-state index contributed by atoms with van der Waals surface area (Å²) in [6, 6.07) is 15.4. The first-order chi connectivity index (χ1) is 14.1. The van der Waals surface area contributed by atoms with Crippen LogP contribution >= 0.6 is 11.3 Å². The van der Waals surface area contributed by atoms with Gasteiger partial charge in [-0.1, -0.05) is 35.6 Å². The first-order valence-corrected chi connectivity index (χ1v) is 10.3. The number of carbonyl (C=O) groups excluding carboxylic acids is 1. The van der Waals surface area contributed by atoms with Crippen molar-refractivity contribution >= 4 is 32.6 Å². The van der Waals surface area contributed by atoms with Crippen LogP contribution in [0.2, 0.25) is 0 Å². The molecule has 1 N–H and O–H groups in total. The van der Waals surface area contributed by atoms with Crippen LogP contribution in [0.1, 0.15) is 30.1 Å². The molecule has 0 unspecified atom stereocenters. The maximum atomic E-state index is 13.0. The van der Waals surface area contributed by atoms with Crippen LogP contribution in [0, 0.1) is 6.92 Å². The molecule has 2 heterocycles. The van der Waals surface area contributed by atoms with E-state index in [1.807, 2.05) is 55.5 Å². The number of para-hydroxylation sites is 1. The highest BCUT2D eigenvalue weighted by Crippen LogP contribution is 2.39. The molecule has 5 rings (SSSR count). The van der Waals surface area contributed by atoms with E-state index < -0.39 is 0 Å². The van der Waals surface area contributed by atoms with Crippen molar-refractivity contribution in [2.24, 2.45) is 0 Å². The van der Waals surface area contributed by atoms with E-state index in [4.69, 9.17) is 0 Å². The van der Waals surface area contributed by atoms with E-state index in [2.05, 4.69) is 15.4 Å². The minimum atomic E-state index is -0.317. The van der Waals surface area contributed by atoms with E-state index in [1.165, 1.54) is 16.0 Å². The lowest BCUT2D eigenvalue weighted by Crippen LogP contribution is -2.29. The zero-order valence-electron chi connectivity index (χ0n) is 15.8. The molecule has 1 saturated carbocycles. The number of carbonyl (C=O) groups is 1. The third-order valence-corrected chi connectivity index (χ3v) is 5.84. The van der Waals surface area contributed by atoms with Crippen LogP contribution in [-0.2, 0) is 11.3 Å². The number of aromatic nitrogens is 4. The van der Waals surface area contributed by atoms with Gasteiger partial charge >= 0.3 is 5.69 Å². The summed E-state index contributed by atoms with van der Waals surface area (Å²) < 4.78 is 3.88.